The minimum absolute atomic E-state index is 0.500. The van der Waals surface area contributed by atoms with Gasteiger partial charge in [0.05, 0.1) is 11.7 Å². The van der Waals surface area contributed by atoms with E-state index in [0.717, 1.165) is 51.5 Å². The van der Waals surface area contributed by atoms with Crippen molar-refractivity contribution in [2.75, 3.05) is 31.1 Å². The largest absolute Gasteiger partial charge is 0.364 e. The topological polar surface area (TPSA) is 22.6 Å². The Kier molecular flexibility index (Phi) is 5.29. The molecule has 1 aromatic heterocycles. The number of hydrogen-bond acceptors (Lipinski definition) is 4. The molecule has 0 radical (unpaired) electrons. The van der Waals surface area contributed by atoms with Gasteiger partial charge in [-0.25, -0.2) is 0 Å². The standard InChI is InChI=1S/C25H28N4/c1-2-8-21(9-3-1)16-27-14-15-29-24(19-27)20-28(18-23-11-6-7-13-26-23)17-22-10-4-5-12-25(22)29/h1-13,24H,14-20H2. The second-order valence-corrected chi connectivity index (χ2v) is 8.19. The van der Waals surface area contributed by atoms with Crippen LogP contribution in [0.5, 0.6) is 0 Å². The molecule has 0 aliphatic carbocycles. The molecule has 29 heavy (non-hydrogen) atoms. The van der Waals surface area contributed by atoms with E-state index in [1.807, 2.05) is 12.3 Å². The summed E-state index contributed by atoms with van der Waals surface area (Å²) in [6, 6.07) is 26.5. The van der Waals surface area contributed by atoms with Gasteiger partial charge in [0, 0.05) is 57.7 Å². The average Bonchev–Trinajstić information content (AvgIpc) is 2.91. The maximum atomic E-state index is 4.57. The zero-order valence-electron chi connectivity index (χ0n) is 16.8. The molecule has 4 heteroatoms. The van der Waals surface area contributed by atoms with E-state index >= 15 is 0 Å². The Labute approximate surface area is 173 Å². The molecule has 3 aromatic rings. The van der Waals surface area contributed by atoms with Crippen molar-refractivity contribution in [3.8, 4) is 0 Å². The fraction of sp³-hybridized carbons (Fsp3) is 0.320. The third-order valence-electron chi connectivity index (χ3n) is 6.09. The van der Waals surface area contributed by atoms with Gasteiger partial charge >= 0.3 is 0 Å². The average molecular weight is 385 g/mol. The van der Waals surface area contributed by atoms with Gasteiger partial charge in [0.15, 0.2) is 0 Å². The molecular weight excluding hydrogens is 356 g/mol. The van der Waals surface area contributed by atoms with Crippen molar-refractivity contribution in [1.82, 2.24) is 14.8 Å². The summed E-state index contributed by atoms with van der Waals surface area (Å²) in [4.78, 5) is 12.4. The summed E-state index contributed by atoms with van der Waals surface area (Å²) in [6.07, 6.45) is 1.90. The first-order valence-corrected chi connectivity index (χ1v) is 10.6. The van der Waals surface area contributed by atoms with Gasteiger partial charge in [-0.05, 0) is 29.3 Å². The Morgan fingerprint density at radius 2 is 1.55 bits per heavy atom. The number of fused-ring (bicyclic) bond motifs is 3. The van der Waals surface area contributed by atoms with Crippen LogP contribution in [0.1, 0.15) is 16.8 Å². The van der Waals surface area contributed by atoms with E-state index in [0.29, 0.717) is 6.04 Å². The van der Waals surface area contributed by atoms with Crippen LogP contribution in [0.4, 0.5) is 5.69 Å². The molecule has 0 saturated carbocycles. The van der Waals surface area contributed by atoms with Crippen LogP contribution in [0.25, 0.3) is 0 Å². The van der Waals surface area contributed by atoms with Crippen molar-refractivity contribution in [3.63, 3.8) is 0 Å². The van der Waals surface area contributed by atoms with Crippen molar-refractivity contribution in [2.45, 2.75) is 25.7 Å². The molecule has 2 aromatic carbocycles. The Bertz CT molecular complexity index is 928. The smallest absolute Gasteiger partial charge is 0.0545 e. The van der Waals surface area contributed by atoms with E-state index < -0.39 is 0 Å². The molecule has 5 rings (SSSR count). The van der Waals surface area contributed by atoms with Crippen molar-refractivity contribution >= 4 is 5.69 Å². The number of hydrogen-bond donors (Lipinski definition) is 0. The van der Waals surface area contributed by atoms with Gasteiger partial charge in [-0.15, -0.1) is 0 Å². The van der Waals surface area contributed by atoms with Crippen LogP contribution in [0.15, 0.2) is 79.0 Å². The zero-order valence-corrected chi connectivity index (χ0v) is 16.8. The van der Waals surface area contributed by atoms with Crippen LogP contribution in [-0.2, 0) is 19.6 Å². The molecule has 1 atom stereocenters. The Balaban J connectivity index is 1.37. The summed E-state index contributed by atoms with van der Waals surface area (Å²) in [5.41, 5.74) is 5.40. The summed E-state index contributed by atoms with van der Waals surface area (Å²) >= 11 is 0. The summed E-state index contributed by atoms with van der Waals surface area (Å²) in [6.45, 7) is 7.29. The van der Waals surface area contributed by atoms with Gasteiger partial charge in [-0.2, -0.15) is 0 Å². The quantitative estimate of drug-likeness (QED) is 0.683. The second-order valence-electron chi connectivity index (χ2n) is 8.19. The van der Waals surface area contributed by atoms with Crippen LogP contribution >= 0.6 is 0 Å². The molecule has 1 fully saturated rings. The minimum Gasteiger partial charge on any atom is -0.364 e. The third-order valence-corrected chi connectivity index (χ3v) is 6.09. The third kappa shape index (κ3) is 4.19. The molecule has 3 heterocycles. The number of benzene rings is 2. The Hall–Kier alpha value is -2.69. The van der Waals surface area contributed by atoms with Gasteiger partial charge in [0.25, 0.3) is 0 Å². The summed E-state index contributed by atoms with van der Waals surface area (Å²) in [5.74, 6) is 0. The molecular formula is C25H28N4. The highest BCUT2D eigenvalue weighted by Crippen LogP contribution is 2.30. The number of nitrogens with zero attached hydrogens (tertiary/aromatic N) is 4. The number of anilines is 1. The molecule has 2 aliphatic heterocycles. The van der Waals surface area contributed by atoms with Crippen LogP contribution in [0.2, 0.25) is 0 Å². The summed E-state index contributed by atoms with van der Waals surface area (Å²) in [7, 11) is 0. The van der Waals surface area contributed by atoms with Crippen molar-refractivity contribution < 1.29 is 0 Å². The monoisotopic (exact) mass is 384 g/mol. The molecule has 1 saturated heterocycles. The first kappa shape index (κ1) is 18.3. The summed E-state index contributed by atoms with van der Waals surface area (Å²) < 4.78 is 0. The number of aromatic nitrogens is 1. The molecule has 1 unspecified atom stereocenters. The van der Waals surface area contributed by atoms with E-state index in [1.54, 1.807) is 0 Å². The predicted molar refractivity (Wildman–Crippen MR) is 118 cm³/mol. The SMILES string of the molecule is c1ccc(CN2CCN3c4ccccc4CN(Cc4ccccn4)CC3C2)cc1. The highest BCUT2D eigenvalue weighted by molar-refractivity contribution is 5.56. The highest BCUT2D eigenvalue weighted by Gasteiger charge is 2.32. The highest BCUT2D eigenvalue weighted by atomic mass is 15.3. The number of piperazine rings is 1. The lowest BCUT2D eigenvalue weighted by Gasteiger charge is -2.43. The Morgan fingerprint density at radius 1 is 0.759 bits per heavy atom. The lowest BCUT2D eigenvalue weighted by molar-refractivity contribution is 0.172. The summed E-state index contributed by atoms with van der Waals surface area (Å²) in [5, 5.41) is 0. The molecule has 0 spiro atoms. The maximum Gasteiger partial charge on any atom is 0.0545 e. The lowest BCUT2D eigenvalue weighted by Crippen LogP contribution is -2.55. The second kappa shape index (κ2) is 8.36. The fourth-order valence-electron chi connectivity index (χ4n) is 4.75. The molecule has 0 bridgehead atoms. The normalized spacial score (nSPS) is 20.0. The first-order valence-electron chi connectivity index (χ1n) is 10.6. The molecule has 2 aliphatic rings. The zero-order chi connectivity index (χ0) is 19.5. The van der Waals surface area contributed by atoms with Gasteiger partial charge in [0.1, 0.15) is 0 Å². The van der Waals surface area contributed by atoms with E-state index in [1.165, 1.54) is 16.8 Å². The van der Waals surface area contributed by atoms with E-state index in [-0.39, 0.29) is 0 Å². The molecule has 148 valence electrons. The van der Waals surface area contributed by atoms with Crippen molar-refractivity contribution in [2.24, 2.45) is 0 Å². The van der Waals surface area contributed by atoms with Crippen LogP contribution in [0, 0.1) is 0 Å². The van der Waals surface area contributed by atoms with Gasteiger partial charge in [-0.3, -0.25) is 14.8 Å². The number of rotatable bonds is 4. The fourth-order valence-corrected chi connectivity index (χ4v) is 4.75. The minimum atomic E-state index is 0.500. The van der Waals surface area contributed by atoms with E-state index in [4.69, 9.17) is 0 Å². The number of para-hydroxylation sites is 1. The van der Waals surface area contributed by atoms with Crippen LogP contribution < -0.4 is 4.90 Å². The van der Waals surface area contributed by atoms with Gasteiger partial charge in [-0.1, -0.05) is 54.6 Å². The number of pyridine rings is 1. The Morgan fingerprint density at radius 3 is 2.41 bits per heavy atom. The van der Waals surface area contributed by atoms with E-state index in [9.17, 15) is 0 Å². The molecule has 4 nitrogen and oxygen atoms in total. The van der Waals surface area contributed by atoms with Gasteiger partial charge < -0.3 is 4.90 Å². The van der Waals surface area contributed by atoms with Crippen molar-refractivity contribution in [1.29, 1.82) is 0 Å². The predicted octanol–water partition coefficient (Wildman–Crippen LogP) is 3.79. The van der Waals surface area contributed by atoms with Crippen LogP contribution in [-0.4, -0.2) is 47.0 Å². The first-order chi connectivity index (χ1) is 14.3. The maximum absolute atomic E-state index is 4.57. The van der Waals surface area contributed by atoms with Crippen molar-refractivity contribution in [3.05, 3.63) is 95.8 Å². The van der Waals surface area contributed by atoms with Gasteiger partial charge in [0.2, 0.25) is 0 Å². The lowest BCUT2D eigenvalue weighted by atomic mass is 10.1. The molecule has 0 N–H and O–H groups in total. The van der Waals surface area contributed by atoms with Crippen LogP contribution in [0.3, 0.4) is 0 Å². The van der Waals surface area contributed by atoms with E-state index in [2.05, 4.69) is 86.4 Å². The molecule has 0 amide bonds.